The van der Waals surface area contributed by atoms with Gasteiger partial charge in [-0.05, 0) is 90.0 Å². The first kappa shape index (κ1) is 36.1. The Bertz CT molecular complexity index is 4030. The van der Waals surface area contributed by atoms with E-state index >= 15 is 0 Å². The summed E-state index contributed by atoms with van der Waals surface area (Å²) in [6.45, 7) is 8.00. The van der Waals surface area contributed by atoms with E-state index < -0.39 is 0 Å². The number of hydrogen-bond acceptors (Lipinski definition) is 1. The van der Waals surface area contributed by atoms with Crippen molar-refractivity contribution in [3.05, 3.63) is 188 Å². The molecule has 0 bridgehead atoms. The van der Waals surface area contributed by atoms with Crippen molar-refractivity contribution in [2.45, 2.75) is 27.7 Å². The predicted molar refractivity (Wildman–Crippen MR) is 265 cm³/mol. The molecule has 62 heavy (non-hydrogen) atoms. The highest BCUT2D eigenvalue weighted by molar-refractivity contribution is 6.33. The van der Waals surface area contributed by atoms with Crippen molar-refractivity contribution < 1.29 is 4.42 Å². The van der Waals surface area contributed by atoms with Gasteiger partial charge in [-0.2, -0.15) is 0 Å². The van der Waals surface area contributed by atoms with Gasteiger partial charge in [0.15, 0.2) is 5.58 Å². The Labute approximate surface area is 358 Å². The second kappa shape index (κ2) is 13.9. The van der Waals surface area contributed by atoms with E-state index in [4.69, 9.17) is 4.42 Å². The molecule has 0 saturated carbocycles. The molecule has 0 amide bonds. The van der Waals surface area contributed by atoms with Crippen LogP contribution in [0.4, 0.5) is 0 Å². The van der Waals surface area contributed by atoms with Gasteiger partial charge in [0.05, 0.1) is 44.3 Å². The summed E-state index contributed by atoms with van der Waals surface area (Å²) in [6.07, 6.45) is 0. The Kier molecular flexibility index (Phi) is 8.07. The van der Waals surface area contributed by atoms with Gasteiger partial charge in [0.1, 0.15) is 5.58 Å². The first-order chi connectivity index (χ1) is 30.8. The van der Waals surface area contributed by atoms with Gasteiger partial charge in [-0.1, -0.05) is 137 Å². The first-order valence-electron chi connectivity index (χ1n) is 21.9. The summed E-state index contributed by atoms with van der Waals surface area (Å²) in [5.41, 5.74) is 14.9. The standard InChI is InChI=1S/C54H31N3O.2C2H6/c1-2-13-34(14-3-1)55-43-20-8-4-15-35(43)40-29-32(25-26-46(40)55)33-30-41-36-16-5-9-21-44(36)57-48-28-27-47-51(52(48)42(31-33)53(41)57)39-18-6-10-22-45(39)56(47)49-23-12-19-38-37-17-7-11-24-50(37)58-54(38)49;2*1-2/h1-31H;2*1-2H3. The molecule has 9 aromatic carbocycles. The number of hydrogen-bond donors (Lipinski definition) is 0. The minimum absolute atomic E-state index is 0.900. The number of aromatic nitrogens is 3. The Hall–Kier alpha value is -7.82. The third kappa shape index (κ3) is 4.83. The molecular weight excluding hydrogens is 755 g/mol. The normalized spacial score (nSPS) is 11.9. The number of nitrogens with zero attached hydrogens (tertiary/aromatic N) is 3. The van der Waals surface area contributed by atoms with Crippen molar-refractivity contribution in [3.63, 3.8) is 0 Å². The van der Waals surface area contributed by atoms with Gasteiger partial charge >= 0.3 is 0 Å². The maximum atomic E-state index is 6.65. The largest absolute Gasteiger partial charge is 0.454 e. The molecule has 0 atom stereocenters. The lowest BCUT2D eigenvalue weighted by Gasteiger charge is -2.09. The summed E-state index contributed by atoms with van der Waals surface area (Å²) < 4.78 is 14.0. The zero-order chi connectivity index (χ0) is 41.6. The Morgan fingerprint density at radius 2 is 0.887 bits per heavy atom. The molecule has 0 radical (unpaired) electrons. The van der Waals surface area contributed by atoms with Gasteiger partial charge in [0, 0.05) is 59.5 Å². The molecule has 4 heteroatoms. The maximum Gasteiger partial charge on any atom is 0.159 e. The molecule has 296 valence electrons. The molecule has 5 heterocycles. The number of para-hydroxylation sites is 6. The van der Waals surface area contributed by atoms with Crippen LogP contribution in [0.2, 0.25) is 0 Å². The number of furan rings is 1. The zero-order valence-corrected chi connectivity index (χ0v) is 35.1. The minimum Gasteiger partial charge on any atom is -0.454 e. The van der Waals surface area contributed by atoms with Crippen LogP contribution in [-0.4, -0.2) is 13.5 Å². The molecule has 0 N–H and O–H groups in total. The molecule has 4 nitrogen and oxygen atoms in total. The van der Waals surface area contributed by atoms with Crippen molar-refractivity contribution in [1.82, 2.24) is 13.5 Å². The summed E-state index contributed by atoms with van der Waals surface area (Å²) >= 11 is 0. The highest BCUT2D eigenvalue weighted by Gasteiger charge is 2.25. The van der Waals surface area contributed by atoms with Gasteiger partial charge in [0.25, 0.3) is 0 Å². The second-order valence-corrected chi connectivity index (χ2v) is 15.7. The van der Waals surface area contributed by atoms with Crippen LogP contribution in [0.3, 0.4) is 0 Å². The first-order valence-corrected chi connectivity index (χ1v) is 21.9. The van der Waals surface area contributed by atoms with E-state index in [1.807, 2.05) is 33.8 Å². The van der Waals surface area contributed by atoms with Crippen LogP contribution in [0, 0.1) is 0 Å². The fourth-order valence-electron chi connectivity index (χ4n) is 10.4. The van der Waals surface area contributed by atoms with Gasteiger partial charge in [0.2, 0.25) is 0 Å². The summed E-state index contributed by atoms with van der Waals surface area (Å²) in [5.74, 6) is 0. The minimum atomic E-state index is 0.900. The molecule has 14 aromatic rings. The molecule has 0 aliphatic heterocycles. The number of fused-ring (bicyclic) bond motifs is 16. The lowest BCUT2D eigenvalue weighted by atomic mass is 9.97. The molecule has 0 aliphatic carbocycles. The van der Waals surface area contributed by atoms with Crippen LogP contribution < -0.4 is 0 Å². The van der Waals surface area contributed by atoms with Crippen molar-refractivity contribution in [3.8, 4) is 22.5 Å². The Balaban J connectivity index is 0.000000999. The molecule has 0 spiro atoms. The van der Waals surface area contributed by atoms with Gasteiger partial charge in [-0.3, -0.25) is 0 Å². The van der Waals surface area contributed by atoms with E-state index in [2.05, 4.69) is 196 Å². The smallest absolute Gasteiger partial charge is 0.159 e. The Morgan fingerprint density at radius 3 is 1.68 bits per heavy atom. The van der Waals surface area contributed by atoms with E-state index in [0.717, 1.165) is 38.7 Å². The second-order valence-electron chi connectivity index (χ2n) is 15.7. The van der Waals surface area contributed by atoms with Gasteiger partial charge < -0.3 is 18.0 Å². The predicted octanol–water partition coefficient (Wildman–Crippen LogP) is 16.6. The van der Waals surface area contributed by atoms with Crippen molar-refractivity contribution in [2.75, 3.05) is 0 Å². The molecule has 5 aromatic heterocycles. The van der Waals surface area contributed by atoms with Gasteiger partial charge in [-0.25, -0.2) is 0 Å². The van der Waals surface area contributed by atoms with E-state index in [1.54, 1.807) is 0 Å². The number of rotatable bonds is 3. The number of benzene rings is 9. The zero-order valence-electron chi connectivity index (χ0n) is 35.1. The monoisotopic (exact) mass is 797 g/mol. The fraction of sp³-hybridized carbons (Fsp3) is 0.0690. The van der Waals surface area contributed by atoms with Crippen molar-refractivity contribution in [2.24, 2.45) is 0 Å². The molecular formula is C58H43N3O. The van der Waals surface area contributed by atoms with Crippen LogP contribution in [0.5, 0.6) is 0 Å². The summed E-state index contributed by atoms with van der Waals surface area (Å²) in [7, 11) is 0. The highest BCUT2D eigenvalue weighted by atomic mass is 16.3. The summed E-state index contributed by atoms with van der Waals surface area (Å²) in [5, 5.41) is 12.3. The topological polar surface area (TPSA) is 27.4 Å². The lowest BCUT2D eigenvalue weighted by Crippen LogP contribution is -1.94. The molecule has 0 fully saturated rings. The maximum absolute atomic E-state index is 6.65. The van der Waals surface area contributed by atoms with E-state index in [0.29, 0.717) is 0 Å². The van der Waals surface area contributed by atoms with E-state index in [9.17, 15) is 0 Å². The van der Waals surface area contributed by atoms with E-state index in [1.165, 1.54) is 87.5 Å². The molecule has 0 unspecified atom stereocenters. The van der Waals surface area contributed by atoms with Crippen LogP contribution >= 0.6 is 0 Å². The van der Waals surface area contributed by atoms with Crippen LogP contribution in [0.15, 0.2) is 192 Å². The van der Waals surface area contributed by atoms with Crippen LogP contribution in [0.1, 0.15) is 27.7 Å². The third-order valence-corrected chi connectivity index (χ3v) is 12.7. The summed E-state index contributed by atoms with van der Waals surface area (Å²) in [6, 6.07) is 68.6. The highest BCUT2D eigenvalue weighted by Crippen LogP contribution is 2.47. The quantitative estimate of drug-likeness (QED) is 0.175. The van der Waals surface area contributed by atoms with Crippen molar-refractivity contribution >= 4 is 104 Å². The molecule has 14 rings (SSSR count). The van der Waals surface area contributed by atoms with Crippen LogP contribution in [-0.2, 0) is 0 Å². The molecule has 0 aliphatic rings. The van der Waals surface area contributed by atoms with E-state index in [-0.39, 0.29) is 0 Å². The molecule has 0 saturated heterocycles. The fourth-order valence-corrected chi connectivity index (χ4v) is 10.4. The van der Waals surface area contributed by atoms with Gasteiger partial charge in [-0.15, -0.1) is 0 Å². The lowest BCUT2D eigenvalue weighted by molar-refractivity contribution is 0.666. The average Bonchev–Trinajstić information content (AvgIpc) is 4.15. The SMILES string of the molecule is CC.CC.c1ccc(-n2c3ccccc3c3cc(-c4cc5c6ccccc6n6c7ccc8c(c9ccccc9n8-c8cccc9c8oc8ccccc89)c7c(c4)c56)ccc32)cc1. The average molecular weight is 798 g/mol. The Morgan fingerprint density at radius 1 is 0.339 bits per heavy atom. The van der Waals surface area contributed by atoms with Crippen molar-refractivity contribution in [1.29, 1.82) is 0 Å². The third-order valence-electron chi connectivity index (χ3n) is 12.7. The summed E-state index contributed by atoms with van der Waals surface area (Å²) in [4.78, 5) is 0. The van der Waals surface area contributed by atoms with Crippen LogP contribution in [0.25, 0.3) is 126 Å².